The van der Waals surface area contributed by atoms with Gasteiger partial charge in [0.25, 0.3) is 0 Å². The number of hydrogen-bond donors (Lipinski definition) is 1. The Kier molecular flexibility index (Phi) is 5.40. The summed E-state index contributed by atoms with van der Waals surface area (Å²) in [4.78, 5) is 23.1. The van der Waals surface area contributed by atoms with Gasteiger partial charge < -0.3 is 5.32 Å². The quantitative estimate of drug-likeness (QED) is 0.248. The summed E-state index contributed by atoms with van der Waals surface area (Å²) in [6.45, 7) is 2.06. The average Bonchev–Trinajstić information content (AvgIpc) is 3.25. The Balaban J connectivity index is 1.34. The highest BCUT2D eigenvalue weighted by molar-refractivity contribution is 8.00. The van der Waals surface area contributed by atoms with Gasteiger partial charge in [0, 0.05) is 26.6 Å². The molecule has 0 unspecified atom stereocenters. The predicted molar refractivity (Wildman–Crippen MR) is 131 cm³/mol. The third-order valence-electron chi connectivity index (χ3n) is 4.98. The molecule has 4 nitrogen and oxygen atoms in total. The molecule has 0 atom stereocenters. The molecule has 31 heavy (non-hydrogen) atoms. The van der Waals surface area contributed by atoms with Crippen molar-refractivity contribution in [1.82, 2.24) is 9.97 Å². The molecular weight excluding hydrogens is 422 g/mol. The number of aryl methyl sites for hydroxylation is 1. The van der Waals surface area contributed by atoms with E-state index in [0.717, 1.165) is 38.0 Å². The monoisotopic (exact) mass is 441 g/mol. The zero-order chi connectivity index (χ0) is 21.2. The molecule has 0 saturated carbocycles. The molecule has 5 aromatic rings. The van der Waals surface area contributed by atoms with Gasteiger partial charge in [-0.25, -0.2) is 9.97 Å². The van der Waals surface area contributed by atoms with Crippen LogP contribution in [0.1, 0.15) is 5.56 Å². The van der Waals surface area contributed by atoms with Crippen molar-refractivity contribution < 1.29 is 4.79 Å². The lowest BCUT2D eigenvalue weighted by molar-refractivity contribution is -0.113. The van der Waals surface area contributed by atoms with Crippen LogP contribution in [0, 0.1) is 6.92 Å². The summed E-state index contributed by atoms with van der Waals surface area (Å²) >= 11 is 2.98. The van der Waals surface area contributed by atoms with Crippen LogP contribution in [0.3, 0.4) is 0 Å². The topological polar surface area (TPSA) is 54.9 Å². The van der Waals surface area contributed by atoms with Gasteiger partial charge in [-0.1, -0.05) is 66.2 Å². The van der Waals surface area contributed by atoms with E-state index in [0.29, 0.717) is 10.9 Å². The molecule has 6 heteroatoms. The number of fused-ring (bicyclic) bond motifs is 2. The lowest BCUT2D eigenvalue weighted by atomic mass is 10.1. The largest absolute Gasteiger partial charge is 0.301 e. The Labute approximate surface area is 188 Å². The first kappa shape index (κ1) is 19.7. The van der Waals surface area contributed by atoms with Crippen molar-refractivity contribution in [3.8, 4) is 11.3 Å². The van der Waals surface area contributed by atoms with E-state index in [1.54, 1.807) is 0 Å². The van der Waals surface area contributed by atoms with E-state index in [1.165, 1.54) is 28.7 Å². The number of thiazole rings is 1. The maximum atomic E-state index is 12.7. The van der Waals surface area contributed by atoms with Crippen LogP contribution in [0.5, 0.6) is 0 Å². The van der Waals surface area contributed by atoms with E-state index >= 15 is 0 Å². The smallest absolute Gasteiger partial charge is 0.236 e. The molecule has 2 aromatic heterocycles. The van der Waals surface area contributed by atoms with Gasteiger partial charge in [-0.05, 0) is 19.1 Å². The minimum Gasteiger partial charge on any atom is -0.301 e. The number of nitrogens with one attached hydrogen (secondary N) is 1. The fourth-order valence-corrected chi connectivity index (χ4v) is 5.18. The summed E-state index contributed by atoms with van der Waals surface area (Å²) in [6.07, 6.45) is 0. The molecular formula is C25H19N3OS2. The van der Waals surface area contributed by atoms with Crippen LogP contribution in [-0.2, 0) is 4.79 Å². The molecule has 0 spiro atoms. The van der Waals surface area contributed by atoms with Gasteiger partial charge in [-0.2, -0.15) is 0 Å². The fraction of sp³-hybridized carbons (Fsp3) is 0.0800. The Morgan fingerprint density at radius 2 is 1.55 bits per heavy atom. The van der Waals surface area contributed by atoms with Gasteiger partial charge in [0.2, 0.25) is 5.91 Å². The molecule has 0 radical (unpaired) electrons. The number of carbonyl (C=O) groups excluding carboxylic acids is 1. The summed E-state index contributed by atoms with van der Waals surface area (Å²) < 4.78 is 0. The number of pyridine rings is 1. The van der Waals surface area contributed by atoms with E-state index in [4.69, 9.17) is 4.98 Å². The summed E-state index contributed by atoms with van der Waals surface area (Å²) in [6, 6.07) is 24.3. The van der Waals surface area contributed by atoms with Crippen LogP contribution in [0.2, 0.25) is 0 Å². The van der Waals surface area contributed by atoms with Crippen LogP contribution in [0.4, 0.5) is 5.13 Å². The van der Waals surface area contributed by atoms with E-state index < -0.39 is 0 Å². The molecule has 152 valence electrons. The number of para-hydroxylation sites is 2. The zero-order valence-corrected chi connectivity index (χ0v) is 18.5. The van der Waals surface area contributed by atoms with Crippen LogP contribution in [-0.4, -0.2) is 21.6 Å². The highest BCUT2D eigenvalue weighted by Crippen LogP contribution is 2.34. The number of anilines is 1. The van der Waals surface area contributed by atoms with Crippen molar-refractivity contribution in [2.24, 2.45) is 0 Å². The van der Waals surface area contributed by atoms with Gasteiger partial charge in [0.1, 0.15) is 0 Å². The second-order valence-corrected chi connectivity index (χ2v) is 9.06. The van der Waals surface area contributed by atoms with Gasteiger partial charge >= 0.3 is 0 Å². The zero-order valence-electron chi connectivity index (χ0n) is 16.8. The number of nitrogens with zero attached hydrogens (tertiary/aromatic N) is 2. The fourth-order valence-electron chi connectivity index (χ4n) is 3.44. The second-order valence-electron chi connectivity index (χ2n) is 7.22. The summed E-state index contributed by atoms with van der Waals surface area (Å²) in [5, 5.41) is 7.66. The average molecular weight is 442 g/mol. The van der Waals surface area contributed by atoms with Crippen LogP contribution in [0.25, 0.3) is 33.1 Å². The van der Waals surface area contributed by atoms with Crippen molar-refractivity contribution in [3.05, 3.63) is 83.7 Å². The number of amides is 1. The highest BCUT2D eigenvalue weighted by Gasteiger charge is 2.13. The minimum atomic E-state index is -0.0696. The number of carbonyl (C=O) groups is 1. The number of aromatic nitrogens is 2. The molecule has 2 heterocycles. The summed E-state index contributed by atoms with van der Waals surface area (Å²) in [5.74, 6) is 0.233. The molecule has 1 N–H and O–H groups in total. The van der Waals surface area contributed by atoms with E-state index in [1.807, 2.05) is 53.9 Å². The van der Waals surface area contributed by atoms with Crippen molar-refractivity contribution in [2.45, 2.75) is 11.8 Å². The normalized spacial score (nSPS) is 11.1. The molecule has 0 fully saturated rings. The first-order chi connectivity index (χ1) is 15.2. The van der Waals surface area contributed by atoms with Gasteiger partial charge in [0.15, 0.2) is 5.13 Å². The molecule has 0 bridgehead atoms. The molecule has 5 rings (SSSR count). The molecule has 0 saturated heterocycles. The summed E-state index contributed by atoms with van der Waals surface area (Å²) in [5.41, 5.74) is 5.00. The van der Waals surface area contributed by atoms with Gasteiger partial charge in [-0.15, -0.1) is 23.1 Å². The second kappa shape index (κ2) is 8.49. The molecule has 3 aromatic carbocycles. The Bertz CT molecular complexity index is 1340. The maximum absolute atomic E-state index is 12.7. The standard InChI is InChI=1S/C25H19N3OS2/c1-16-10-12-17(13-11-16)22-14-31-25(27-22)28-23(29)15-30-24-18-6-2-4-8-20(18)26-21-9-5-3-7-19(21)24/h2-14H,15H2,1H3,(H,27,28,29). The van der Waals surface area contributed by atoms with Gasteiger partial charge in [-0.3, -0.25) is 4.79 Å². The van der Waals surface area contributed by atoms with Gasteiger partial charge in [0.05, 0.1) is 22.5 Å². The predicted octanol–water partition coefficient (Wildman–Crippen LogP) is 6.55. The molecule has 0 aliphatic carbocycles. The van der Waals surface area contributed by atoms with Crippen LogP contribution >= 0.6 is 23.1 Å². The minimum absolute atomic E-state index is 0.0696. The maximum Gasteiger partial charge on any atom is 0.236 e. The third-order valence-corrected chi connectivity index (χ3v) is 6.88. The molecule has 0 aliphatic rings. The lowest BCUT2D eigenvalue weighted by Crippen LogP contribution is -2.13. The van der Waals surface area contributed by atoms with E-state index in [-0.39, 0.29) is 5.91 Å². The van der Waals surface area contributed by atoms with Crippen LogP contribution < -0.4 is 5.32 Å². The third kappa shape index (κ3) is 4.17. The Morgan fingerprint density at radius 1 is 0.903 bits per heavy atom. The van der Waals surface area contributed by atoms with Crippen molar-refractivity contribution in [1.29, 1.82) is 0 Å². The van der Waals surface area contributed by atoms with E-state index in [9.17, 15) is 4.79 Å². The number of rotatable bonds is 5. The number of hydrogen-bond acceptors (Lipinski definition) is 5. The van der Waals surface area contributed by atoms with Crippen LogP contribution in [0.15, 0.2) is 83.1 Å². The molecule has 0 aliphatic heterocycles. The van der Waals surface area contributed by atoms with Crippen molar-refractivity contribution >= 4 is 55.9 Å². The number of benzene rings is 3. The Morgan fingerprint density at radius 3 is 2.23 bits per heavy atom. The Hall–Kier alpha value is -3.22. The van der Waals surface area contributed by atoms with Crippen molar-refractivity contribution in [2.75, 3.05) is 11.1 Å². The van der Waals surface area contributed by atoms with E-state index in [2.05, 4.69) is 41.5 Å². The first-order valence-electron chi connectivity index (χ1n) is 9.90. The number of thioether (sulfide) groups is 1. The molecule has 1 amide bonds. The van der Waals surface area contributed by atoms with Crippen molar-refractivity contribution in [3.63, 3.8) is 0 Å². The first-order valence-corrected chi connectivity index (χ1v) is 11.8. The summed E-state index contributed by atoms with van der Waals surface area (Å²) in [7, 11) is 0. The SMILES string of the molecule is Cc1ccc(-c2csc(NC(=O)CSc3c4ccccc4nc4ccccc34)n2)cc1. The lowest BCUT2D eigenvalue weighted by Gasteiger charge is -2.10. The highest BCUT2D eigenvalue weighted by atomic mass is 32.2.